The van der Waals surface area contributed by atoms with Gasteiger partial charge >= 0.3 is 0 Å². The van der Waals surface area contributed by atoms with Gasteiger partial charge in [0.05, 0.1) is 16.8 Å². The van der Waals surface area contributed by atoms with Gasteiger partial charge in [-0.15, -0.1) is 0 Å². The van der Waals surface area contributed by atoms with Crippen molar-refractivity contribution in [2.45, 2.75) is 32.1 Å². The number of benzene rings is 2. The maximum absolute atomic E-state index is 12.6. The largest absolute Gasteiger partial charge is 0.326 e. The van der Waals surface area contributed by atoms with Crippen LogP contribution in [0.1, 0.15) is 22.4 Å². The van der Waals surface area contributed by atoms with Crippen LogP contribution in [-0.4, -0.2) is 25.6 Å². The number of carbonyl (C=O) groups is 1. The molecule has 6 heteroatoms. The van der Waals surface area contributed by atoms with Crippen LogP contribution in [0, 0.1) is 20.8 Å². The van der Waals surface area contributed by atoms with Crippen LogP contribution in [0.25, 0.3) is 10.9 Å². The van der Waals surface area contributed by atoms with Gasteiger partial charge in [-0.2, -0.15) is 0 Å². The fourth-order valence-electron chi connectivity index (χ4n) is 3.15. The molecule has 3 aromatic rings. The minimum Gasteiger partial charge on any atom is -0.326 e. The van der Waals surface area contributed by atoms with Crippen LogP contribution >= 0.6 is 0 Å². The number of rotatable bonds is 4. The van der Waals surface area contributed by atoms with Crippen LogP contribution in [0.3, 0.4) is 0 Å². The average molecular weight is 382 g/mol. The van der Waals surface area contributed by atoms with Crippen molar-refractivity contribution < 1.29 is 13.2 Å². The smallest absolute Gasteiger partial charge is 0.228 e. The molecule has 1 amide bonds. The first-order valence-electron chi connectivity index (χ1n) is 8.62. The molecule has 0 saturated carbocycles. The number of hydrogen-bond donors (Lipinski definition) is 1. The molecule has 0 spiro atoms. The highest BCUT2D eigenvalue weighted by Gasteiger charge is 2.15. The summed E-state index contributed by atoms with van der Waals surface area (Å²) in [5.41, 5.74) is 4.97. The van der Waals surface area contributed by atoms with E-state index in [1.807, 2.05) is 45.0 Å². The van der Waals surface area contributed by atoms with Gasteiger partial charge in [-0.05, 0) is 55.7 Å². The number of para-hydroxylation sites is 1. The molecule has 3 rings (SSSR count). The summed E-state index contributed by atoms with van der Waals surface area (Å²) in [5.74, 6) is -0.202. The van der Waals surface area contributed by atoms with Gasteiger partial charge in [0.2, 0.25) is 5.91 Å². The third-order valence-electron chi connectivity index (χ3n) is 4.73. The van der Waals surface area contributed by atoms with E-state index in [9.17, 15) is 13.2 Å². The van der Waals surface area contributed by atoms with Gasteiger partial charge in [0.15, 0.2) is 9.84 Å². The molecule has 1 N–H and O–H groups in total. The zero-order chi connectivity index (χ0) is 19.8. The topological polar surface area (TPSA) is 76.1 Å². The van der Waals surface area contributed by atoms with Crippen molar-refractivity contribution in [1.82, 2.24) is 4.98 Å². The predicted octanol–water partition coefficient (Wildman–Crippen LogP) is 3.74. The average Bonchev–Trinajstić information content (AvgIpc) is 2.59. The lowest BCUT2D eigenvalue weighted by atomic mass is 9.99. The molecule has 0 atom stereocenters. The van der Waals surface area contributed by atoms with Crippen LogP contribution in [0.15, 0.2) is 47.4 Å². The molecule has 0 aliphatic heterocycles. The number of sulfone groups is 1. The summed E-state index contributed by atoms with van der Waals surface area (Å²) >= 11 is 0. The van der Waals surface area contributed by atoms with E-state index in [2.05, 4.69) is 10.3 Å². The molecule has 1 aromatic heterocycles. The van der Waals surface area contributed by atoms with Crippen LogP contribution < -0.4 is 5.32 Å². The first kappa shape index (κ1) is 19.0. The second-order valence-electron chi connectivity index (χ2n) is 6.79. The van der Waals surface area contributed by atoms with Crippen molar-refractivity contribution in [3.05, 3.63) is 64.8 Å². The molecule has 140 valence electrons. The van der Waals surface area contributed by atoms with Gasteiger partial charge < -0.3 is 5.32 Å². The van der Waals surface area contributed by atoms with Crippen LogP contribution in [0.4, 0.5) is 5.69 Å². The number of nitrogens with zero attached hydrogens (tertiary/aromatic N) is 1. The van der Waals surface area contributed by atoms with E-state index in [1.165, 1.54) is 6.07 Å². The zero-order valence-electron chi connectivity index (χ0n) is 15.8. The van der Waals surface area contributed by atoms with Crippen molar-refractivity contribution in [1.29, 1.82) is 0 Å². The van der Waals surface area contributed by atoms with Crippen molar-refractivity contribution in [2.75, 3.05) is 11.6 Å². The van der Waals surface area contributed by atoms with E-state index < -0.39 is 9.84 Å². The summed E-state index contributed by atoms with van der Waals surface area (Å²) in [6.45, 7) is 5.72. The molecule has 0 aliphatic carbocycles. The Morgan fingerprint density at radius 1 is 1.07 bits per heavy atom. The normalized spacial score (nSPS) is 11.6. The second-order valence-corrected chi connectivity index (χ2v) is 8.81. The second kappa shape index (κ2) is 7.12. The maximum atomic E-state index is 12.6. The molecule has 1 heterocycles. The highest BCUT2D eigenvalue weighted by Crippen LogP contribution is 2.24. The molecule has 0 fully saturated rings. The number of aromatic nitrogens is 1. The van der Waals surface area contributed by atoms with Gasteiger partial charge in [-0.1, -0.05) is 24.3 Å². The molecule has 0 unspecified atom stereocenters. The fraction of sp³-hybridized carbons (Fsp3) is 0.238. The standard InChI is InChI=1S/C21H22N2O3S/c1-13-9-10-16(27(4,25)26)11-20(13)23-21(24)12-18-14(2)17-7-5-6-8-19(17)22-15(18)3/h5-11H,12H2,1-4H3,(H,23,24). The van der Waals surface area contributed by atoms with Crippen LogP contribution in [0.5, 0.6) is 0 Å². The Morgan fingerprint density at radius 2 is 1.78 bits per heavy atom. The predicted molar refractivity (Wildman–Crippen MR) is 108 cm³/mol. The Morgan fingerprint density at radius 3 is 2.48 bits per heavy atom. The number of hydrogen-bond acceptors (Lipinski definition) is 4. The maximum Gasteiger partial charge on any atom is 0.228 e. The monoisotopic (exact) mass is 382 g/mol. The molecule has 0 radical (unpaired) electrons. The lowest BCUT2D eigenvalue weighted by Gasteiger charge is -2.14. The minimum absolute atomic E-state index is 0.179. The summed E-state index contributed by atoms with van der Waals surface area (Å²) in [5, 5.41) is 3.87. The third kappa shape index (κ3) is 4.01. The highest BCUT2D eigenvalue weighted by atomic mass is 32.2. The summed E-state index contributed by atoms with van der Waals surface area (Å²) in [6, 6.07) is 12.6. The molecule has 0 bridgehead atoms. The Bertz CT molecular complexity index is 1150. The van der Waals surface area contributed by atoms with E-state index >= 15 is 0 Å². The number of nitrogens with one attached hydrogen (secondary N) is 1. The Kier molecular flexibility index (Phi) is 5.02. The Labute approximate surface area is 159 Å². The Balaban J connectivity index is 1.90. The molecule has 27 heavy (non-hydrogen) atoms. The summed E-state index contributed by atoms with van der Waals surface area (Å²) in [4.78, 5) is 17.4. The van der Waals surface area contributed by atoms with Crippen molar-refractivity contribution in [3.8, 4) is 0 Å². The summed E-state index contributed by atoms with van der Waals surface area (Å²) in [6.07, 6.45) is 1.33. The van der Waals surface area contributed by atoms with E-state index in [0.717, 1.165) is 39.5 Å². The van der Waals surface area contributed by atoms with Gasteiger partial charge in [0.25, 0.3) is 0 Å². The molecular formula is C21H22N2O3S. The minimum atomic E-state index is -3.34. The van der Waals surface area contributed by atoms with Gasteiger partial charge in [0, 0.05) is 23.0 Å². The summed E-state index contributed by atoms with van der Waals surface area (Å²) in [7, 11) is -3.34. The van der Waals surface area contributed by atoms with Gasteiger partial charge in [-0.3, -0.25) is 9.78 Å². The number of fused-ring (bicyclic) bond motifs is 1. The lowest BCUT2D eigenvalue weighted by molar-refractivity contribution is -0.115. The number of aryl methyl sites for hydroxylation is 3. The fourth-order valence-corrected chi connectivity index (χ4v) is 3.80. The van der Waals surface area contributed by atoms with E-state index in [4.69, 9.17) is 0 Å². The Hall–Kier alpha value is -2.73. The number of pyridine rings is 1. The molecule has 0 saturated heterocycles. The van der Waals surface area contributed by atoms with Crippen molar-refractivity contribution in [2.24, 2.45) is 0 Å². The van der Waals surface area contributed by atoms with Crippen LogP contribution in [-0.2, 0) is 21.1 Å². The SMILES string of the molecule is Cc1ccc(S(C)(=O)=O)cc1NC(=O)Cc1c(C)nc2ccccc2c1C. The lowest BCUT2D eigenvalue weighted by Crippen LogP contribution is -2.17. The van der Waals surface area contributed by atoms with Crippen molar-refractivity contribution in [3.63, 3.8) is 0 Å². The van der Waals surface area contributed by atoms with Crippen LogP contribution in [0.2, 0.25) is 0 Å². The highest BCUT2D eigenvalue weighted by molar-refractivity contribution is 7.90. The number of anilines is 1. The third-order valence-corrected chi connectivity index (χ3v) is 5.84. The zero-order valence-corrected chi connectivity index (χ0v) is 16.6. The van der Waals surface area contributed by atoms with E-state index in [-0.39, 0.29) is 17.2 Å². The summed E-state index contributed by atoms with van der Waals surface area (Å²) < 4.78 is 23.5. The number of carbonyl (C=O) groups excluding carboxylic acids is 1. The molecule has 0 aliphatic rings. The quantitative estimate of drug-likeness (QED) is 0.746. The first-order chi connectivity index (χ1) is 12.7. The number of amides is 1. The van der Waals surface area contributed by atoms with Crippen molar-refractivity contribution >= 4 is 32.3 Å². The molecule has 2 aromatic carbocycles. The van der Waals surface area contributed by atoms with Gasteiger partial charge in [-0.25, -0.2) is 8.42 Å². The van der Waals surface area contributed by atoms with E-state index in [1.54, 1.807) is 12.1 Å². The molecular weight excluding hydrogens is 360 g/mol. The molecule has 5 nitrogen and oxygen atoms in total. The van der Waals surface area contributed by atoms with Gasteiger partial charge in [0.1, 0.15) is 0 Å². The first-order valence-corrected chi connectivity index (χ1v) is 10.5. The van der Waals surface area contributed by atoms with E-state index in [0.29, 0.717) is 5.69 Å².